The van der Waals surface area contributed by atoms with Crippen LogP contribution in [0.2, 0.25) is 0 Å². The largest absolute Gasteiger partial charge is 0.396 e. The van der Waals surface area contributed by atoms with Gasteiger partial charge in [0.2, 0.25) is 0 Å². The second-order valence-corrected chi connectivity index (χ2v) is 5.25. The number of anilines is 1. The Balaban J connectivity index is 2.17. The van der Waals surface area contributed by atoms with Gasteiger partial charge in [-0.25, -0.2) is 0 Å². The summed E-state index contributed by atoms with van der Waals surface area (Å²) in [4.78, 5) is 0. The molecule has 0 saturated carbocycles. The summed E-state index contributed by atoms with van der Waals surface area (Å²) in [6.45, 7) is 4.42. The maximum atomic E-state index is 9.31. The van der Waals surface area contributed by atoms with E-state index in [4.69, 9.17) is 0 Å². The highest BCUT2D eigenvalue weighted by atomic mass is 16.3. The minimum Gasteiger partial charge on any atom is -0.396 e. The predicted molar refractivity (Wildman–Crippen MR) is 85.6 cm³/mol. The van der Waals surface area contributed by atoms with E-state index >= 15 is 0 Å². The van der Waals surface area contributed by atoms with Crippen molar-refractivity contribution in [2.45, 2.75) is 26.2 Å². The number of aliphatic hydroxyl groups is 1. The zero-order valence-electron chi connectivity index (χ0n) is 12.9. The van der Waals surface area contributed by atoms with E-state index in [0.29, 0.717) is 24.3 Å². The summed E-state index contributed by atoms with van der Waals surface area (Å²) in [6.07, 6.45) is 0.650. The van der Waals surface area contributed by atoms with Crippen LogP contribution in [-0.2, 0) is 0 Å². The van der Waals surface area contributed by atoms with Gasteiger partial charge in [-0.3, -0.25) is 0 Å². The third kappa shape index (κ3) is 3.60. The highest BCUT2D eigenvalue weighted by molar-refractivity contribution is 5.55. The van der Waals surface area contributed by atoms with Crippen LogP contribution in [-0.4, -0.2) is 28.5 Å². The molecule has 2 aromatic rings. The van der Waals surface area contributed by atoms with Crippen molar-refractivity contribution in [3.63, 3.8) is 0 Å². The molecule has 0 amide bonds. The second kappa shape index (κ2) is 7.53. The number of benzene rings is 1. The van der Waals surface area contributed by atoms with Crippen molar-refractivity contribution >= 4 is 5.82 Å². The van der Waals surface area contributed by atoms with Crippen molar-refractivity contribution in [2.24, 2.45) is 0 Å². The Bertz CT molecular complexity index is 664. The Hall–Kier alpha value is -2.45. The molecule has 114 valence electrons. The van der Waals surface area contributed by atoms with Gasteiger partial charge in [0.25, 0.3) is 0 Å². The Morgan fingerprint density at radius 2 is 1.95 bits per heavy atom. The number of hydrogen-bond acceptors (Lipinski definition) is 5. The summed E-state index contributed by atoms with van der Waals surface area (Å²) >= 11 is 0. The molecular formula is C17H20N4O. The van der Waals surface area contributed by atoms with Crippen LogP contribution >= 0.6 is 0 Å². The molecule has 2 rings (SSSR count). The zero-order chi connectivity index (χ0) is 15.9. The molecule has 0 fully saturated rings. The molecule has 5 heteroatoms. The first-order valence-electron chi connectivity index (χ1n) is 7.31. The smallest absolute Gasteiger partial charge is 0.166 e. The van der Waals surface area contributed by atoms with Gasteiger partial charge in [0.1, 0.15) is 11.6 Å². The number of aromatic nitrogens is 2. The van der Waals surface area contributed by atoms with Gasteiger partial charge in [0, 0.05) is 19.1 Å². The van der Waals surface area contributed by atoms with Gasteiger partial charge < -0.3 is 10.4 Å². The summed E-state index contributed by atoms with van der Waals surface area (Å²) in [5.41, 5.74) is 3.29. The number of rotatable bonds is 6. The summed E-state index contributed by atoms with van der Waals surface area (Å²) < 4.78 is 0. The highest BCUT2D eigenvalue weighted by Crippen LogP contribution is 2.22. The van der Waals surface area contributed by atoms with E-state index in [1.165, 1.54) is 0 Å². The maximum absolute atomic E-state index is 9.31. The average Bonchev–Trinajstić information content (AvgIpc) is 2.55. The molecule has 0 bridgehead atoms. The van der Waals surface area contributed by atoms with E-state index < -0.39 is 0 Å². The highest BCUT2D eigenvalue weighted by Gasteiger charge is 2.14. The van der Waals surface area contributed by atoms with Crippen molar-refractivity contribution in [2.75, 3.05) is 18.5 Å². The van der Waals surface area contributed by atoms with Gasteiger partial charge in [-0.1, -0.05) is 30.3 Å². The molecule has 0 aliphatic carbocycles. The van der Waals surface area contributed by atoms with Crippen LogP contribution in [0.25, 0.3) is 0 Å². The molecule has 0 aliphatic rings. The van der Waals surface area contributed by atoms with Crippen LogP contribution in [0.5, 0.6) is 0 Å². The van der Waals surface area contributed by atoms with Crippen LogP contribution in [0, 0.1) is 25.2 Å². The SMILES string of the molecule is Cc1nnc(NCC(CCO)c2ccccc2)c(C#N)c1C. The first-order chi connectivity index (χ1) is 10.7. The fourth-order valence-corrected chi connectivity index (χ4v) is 2.36. The molecule has 1 aromatic carbocycles. The Morgan fingerprint density at radius 3 is 2.59 bits per heavy atom. The van der Waals surface area contributed by atoms with Crippen LogP contribution < -0.4 is 5.32 Å². The van der Waals surface area contributed by atoms with E-state index in [-0.39, 0.29) is 12.5 Å². The number of nitrogens with zero attached hydrogens (tertiary/aromatic N) is 3. The lowest BCUT2D eigenvalue weighted by Gasteiger charge is -2.18. The number of nitriles is 1. The van der Waals surface area contributed by atoms with Gasteiger partial charge >= 0.3 is 0 Å². The van der Waals surface area contributed by atoms with Gasteiger partial charge in [0.05, 0.1) is 5.69 Å². The maximum Gasteiger partial charge on any atom is 0.166 e. The van der Waals surface area contributed by atoms with E-state index in [9.17, 15) is 10.4 Å². The fourth-order valence-electron chi connectivity index (χ4n) is 2.36. The number of hydrogen-bond donors (Lipinski definition) is 2. The monoisotopic (exact) mass is 296 g/mol. The first-order valence-corrected chi connectivity index (χ1v) is 7.31. The molecule has 0 aliphatic heterocycles. The first kappa shape index (κ1) is 15.9. The van der Waals surface area contributed by atoms with Crippen LogP contribution in [0.15, 0.2) is 30.3 Å². The van der Waals surface area contributed by atoms with Gasteiger partial charge in [-0.05, 0) is 31.4 Å². The quantitative estimate of drug-likeness (QED) is 0.856. The van der Waals surface area contributed by atoms with Crippen molar-refractivity contribution in [3.05, 3.63) is 52.7 Å². The fraction of sp³-hybridized carbons (Fsp3) is 0.353. The van der Waals surface area contributed by atoms with E-state index in [1.807, 2.05) is 44.2 Å². The summed E-state index contributed by atoms with van der Waals surface area (Å²) in [5.74, 6) is 0.658. The molecule has 22 heavy (non-hydrogen) atoms. The van der Waals surface area contributed by atoms with Gasteiger partial charge in [-0.15, -0.1) is 5.10 Å². The predicted octanol–water partition coefficient (Wildman–Crippen LogP) is 2.54. The van der Waals surface area contributed by atoms with E-state index in [2.05, 4.69) is 21.6 Å². The standard InChI is InChI=1S/C17H20N4O/c1-12-13(2)20-21-17(16(12)10-18)19-11-15(8-9-22)14-6-4-3-5-7-14/h3-7,15,22H,8-9,11H2,1-2H3,(H,19,21). The van der Waals surface area contributed by atoms with Crippen molar-refractivity contribution in [3.8, 4) is 6.07 Å². The van der Waals surface area contributed by atoms with Crippen LogP contribution in [0.3, 0.4) is 0 Å². The van der Waals surface area contributed by atoms with Crippen LogP contribution in [0.1, 0.15) is 34.7 Å². The van der Waals surface area contributed by atoms with Gasteiger partial charge in [-0.2, -0.15) is 10.4 Å². The Kier molecular flexibility index (Phi) is 5.45. The Morgan fingerprint density at radius 1 is 1.23 bits per heavy atom. The molecule has 1 unspecified atom stereocenters. The minimum atomic E-state index is 0.116. The van der Waals surface area contributed by atoms with E-state index in [1.54, 1.807) is 0 Å². The Labute approximate surface area is 130 Å². The molecule has 1 aromatic heterocycles. The second-order valence-electron chi connectivity index (χ2n) is 5.25. The number of nitrogens with one attached hydrogen (secondary N) is 1. The zero-order valence-corrected chi connectivity index (χ0v) is 12.9. The van der Waals surface area contributed by atoms with Crippen LogP contribution in [0.4, 0.5) is 5.82 Å². The average molecular weight is 296 g/mol. The third-order valence-corrected chi connectivity index (χ3v) is 3.83. The summed E-state index contributed by atoms with van der Waals surface area (Å²) in [7, 11) is 0. The lowest BCUT2D eigenvalue weighted by atomic mass is 9.96. The molecular weight excluding hydrogens is 276 g/mol. The molecule has 0 spiro atoms. The molecule has 1 heterocycles. The molecule has 0 radical (unpaired) electrons. The molecule has 5 nitrogen and oxygen atoms in total. The van der Waals surface area contributed by atoms with E-state index in [0.717, 1.165) is 16.8 Å². The topological polar surface area (TPSA) is 81.8 Å². The minimum absolute atomic E-state index is 0.116. The van der Waals surface area contributed by atoms with Crippen molar-refractivity contribution < 1.29 is 5.11 Å². The molecule has 2 N–H and O–H groups in total. The molecule has 1 atom stereocenters. The van der Waals surface area contributed by atoms with Crippen molar-refractivity contribution in [1.29, 1.82) is 5.26 Å². The van der Waals surface area contributed by atoms with Crippen molar-refractivity contribution in [1.82, 2.24) is 10.2 Å². The summed E-state index contributed by atoms with van der Waals surface area (Å²) in [5, 5.41) is 29.9. The number of aryl methyl sites for hydroxylation is 1. The third-order valence-electron chi connectivity index (χ3n) is 3.83. The lowest BCUT2D eigenvalue weighted by molar-refractivity contribution is 0.277. The normalized spacial score (nSPS) is 11.7. The van der Waals surface area contributed by atoms with Gasteiger partial charge in [0.15, 0.2) is 5.82 Å². The number of aliphatic hydroxyl groups excluding tert-OH is 1. The summed E-state index contributed by atoms with van der Waals surface area (Å²) in [6, 6.07) is 12.2. The lowest BCUT2D eigenvalue weighted by Crippen LogP contribution is -2.16. The molecule has 0 saturated heterocycles.